The molecular weight excluding hydrogens is 396 g/mol. The minimum atomic E-state index is -0.368. The number of oxazole rings is 1. The van der Waals surface area contributed by atoms with Gasteiger partial charge in [-0.1, -0.05) is 43.5 Å². The van der Waals surface area contributed by atoms with Gasteiger partial charge >= 0.3 is 0 Å². The van der Waals surface area contributed by atoms with Crippen molar-refractivity contribution in [1.29, 1.82) is 0 Å². The lowest BCUT2D eigenvalue weighted by atomic mass is 9.94. The monoisotopic (exact) mass is 419 g/mol. The van der Waals surface area contributed by atoms with E-state index in [9.17, 15) is 4.39 Å². The molecule has 0 radical (unpaired) electrons. The van der Waals surface area contributed by atoms with Crippen LogP contribution in [-0.2, 0) is 0 Å². The van der Waals surface area contributed by atoms with E-state index >= 15 is 0 Å². The number of aromatic nitrogens is 3. The molecule has 8 heteroatoms. The van der Waals surface area contributed by atoms with Crippen LogP contribution in [0.15, 0.2) is 57.7 Å². The van der Waals surface area contributed by atoms with E-state index in [0.29, 0.717) is 46.5 Å². The van der Waals surface area contributed by atoms with Crippen molar-refractivity contribution in [2.24, 2.45) is 0 Å². The average Bonchev–Trinajstić information content (AvgIpc) is 3.45. The van der Waals surface area contributed by atoms with Crippen LogP contribution >= 0.6 is 0 Å². The smallest absolute Gasteiger partial charge is 0.236 e. The second-order valence-corrected chi connectivity index (χ2v) is 7.68. The molecule has 0 N–H and O–H groups in total. The number of benzene rings is 2. The minimum Gasteiger partial charge on any atom is -0.481 e. The number of hydrogen-bond donors (Lipinski definition) is 0. The van der Waals surface area contributed by atoms with E-state index in [1.807, 2.05) is 51.1 Å². The van der Waals surface area contributed by atoms with Crippen molar-refractivity contribution in [3.8, 4) is 28.4 Å². The SMILES string of the molecule is Bc1ccc(-c2coc(C(CC)Oc3ccc(-c4noc(C(C)C)n4)cc3)n2)cc1F. The van der Waals surface area contributed by atoms with E-state index in [4.69, 9.17) is 13.7 Å². The van der Waals surface area contributed by atoms with Gasteiger partial charge in [0.05, 0.1) is 0 Å². The molecule has 2 aromatic carbocycles. The van der Waals surface area contributed by atoms with Gasteiger partial charge in [-0.15, -0.1) is 0 Å². The summed E-state index contributed by atoms with van der Waals surface area (Å²) < 4.78 is 30.9. The summed E-state index contributed by atoms with van der Waals surface area (Å²) in [5, 5.41) is 4.03. The van der Waals surface area contributed by atoms with Crippen molar-refractivity contribution in [2.75, 3.05) is 0 Å². The highest BCUT2D eigenvalue weighted by atomic mass is 19.1. The van der Waals surface area contributed by atoms with Crippen LogP contribution < -0.4 is 10.2 Å². The summed E-state index contributed by atoms with van der Waals surface area (Å²) in [6.45, 7) is 5.99. The van der Waals surface area contributed by atoms with Gasteiger partial charge in [0.2, 0.25) is 17.6 Å². The van der Waals surface area contributed by atoms with Crippen molar-refractivity contribution >= 4 is 13.3 Å². The fourth-order valence-electron chi connectivity index (χ4n) is 3.06. The molecule has 0 aliphatic rings. The number of hydrogen-bond acceptors (Lipinski definition) is 6. The third-order valence-corrected chi connectivity index (χ3v) is 4.96. The Labute approximate surface area is 180 Å². The Balaban J connectivity index is 1.49. The quantitative estimate of drug-likeness (QED) is 0.413. The van der Waals surface area contributed by atoms with Gasteiger partial charge in [0.1, 0.15) is 31.4 Å². The maximum absolute atomic E-state index is 13.9. The Morgan fingerprint density at radius 1 is 1.03 bits per heavy atom. The van der Waals surface area contributed by atoms with E-state index in [1.165, 1.54) is 12.3 Å². The normalized spacial score (nSPS) is 12.3. The summed E-state index contributed by atoms with van der Waals surface area (Å²) in [7, 11) is 1.72. The van der Waals surface area contributed by atoms with Crippen LogP contribution in [0, 0.1) is 5.82 Å². The molecule has 1 atom stereocenters. The molecule has 0 amide bonds. The van der Waals surface area contributed by atoms with Crippen LogP contribution in [0.3, 0.4) is 0 Å². The number of halogens is 1. The first-order chi connectivity index (χ1) is 14.9. The van der Waals surface area contributed by atoms with Gasteiger partial charge in [0, 0.05) is 17.0 Å². The Bertz CT molecular complexity index is 1170. The lowest BCUT2D eigenvalue weighted by Crippen LogP contribution is -2.08. The highest BCUT2D eigenvalue weighted by Gasteiger charge is 2.19. The van der Waals surface area contributed by atoms with Crippen molar-refractivity contribution in [3.63, 3.8) is 0 Å². The minimum absolute atomic E-state index is 0.177. The largest absolute Gasteiger partial charge is 0.481 e. The first kappa shape index (κ1) is 20.8. The average molecular weight is 419 g/mol. The molecule has 0 spiro atoms. The summed E-state index contributed by atoms with van der Waals surface area (Å²) in [4.78, 5) is 8.92. The first-order valence-corrected chi connectivity index (χ1v) is 10.3. The summed E-state index contributed by atoms with van der Waals surface area (Å²) in [5.41, 5.74) is 2.67. The highest BCUT2D eigenvalue weighted by molar-refractivity contribution is 6.32. The molecule has 158 valence electrons. The van der Waals surface area contributed by atoms with Gasteiger partial charge in [0.25, 0.3) is 0 Å². The molecule has 2 aromatic heterocycles. The molecule has 31 heavy (non-hydrogen) atoms. The zero-order chi connectivity index (χ0) is 22.0. The zero-order valence-electron chi connectivity index (χ0n) is 17.9. The third-order valence-electron chi connectivity index (χ3n) is 4.96. The molecule has 4 aromatic rings. The molecule has 0 bridgehead atoms. The molecule has 4 rings (SSSR count). The summed E-state index contributed by atoms with van der Waals surface area (Å²) in [6, 6.07) is 12.5. The predicted octanol–water partition coefficient (Wildman–Crippen LogP) is 4.44. The van der Waals surface area contributed by atoms with Gasteiger partial charge < -0.3 is 13.7 Å². The van der Waals surface area contributed by atoms with Crippen molar-refractivity contribution in [3.05, 3.63) is 66.3 Å². The maximum Gasteiger partial charge on any atom is 0.236 e. The summed E-state index contributed by atoms with van der Waals surface area (Å²) in [6.07, 6.45) is 1.82. The Morgan fingerprint density at radius 2 is 1.77 bits per heavy atom. The number of ether oxygens (including phenoxy) is 1. The highest BCUT2D eigenvalue weighted by Crippen LogP contribution is 2.29. The van der Waals surface area contributed by atoms with E-state index in [0.717, 1.165) is 5.56 Å². The number of rotatable bonds is 7. The standard InChI is InChI=1S/C23H23BFN3O3/c1-4-20(23-26-19(12-29-23)15-7-10-17(24)18(25)11-15)30-16-8-5-14(6-9-16)21-27-22(13(2)3)31-28-21/h5-13,20H,4,24H2,1-3H3. The number of nitrogens with zero attached hydrogens (tertiary/aromatic N) is 3. The van der Waals surface area contributed by atoms with Crippen molar-refractivity contribution < 1.29 is 18.1 Å². The van der Waals surface area contributed by atoms with Gasteiger partial charge in [-0.25, -0.2) is 9.37 Å². The molecule has 0 aliphatic heterocycles. The fourth-order valence-corrected chi connectivity index (χ4v) is 3.06. The van der Waals surface area contributed by atoms with Gasteiger partial charge in [-0.05, 0) is 36.8 Å². The molecule has 2 heterocycles. The zero-order valence-corrected chi connectivity index (χ0v) is 17.9. The molecule has 1 unspecified atom stereocenters. The summed E-state index contributed by atoms with van der Waals surface area (Å²) >= 11 is 0. The van der Waals surface area contributed by atoms with Crippen molar-refractivity contribution in [2.45, 2.75) is 39.2 Å². The second kappa shape index (κ2) is 8.75. The lowest BCUT2D eigenvalue weighted by Gasteiger charge is -2.14. The molecule has 0 fully saturated rings. The Hall–Kier alpha value is -3.42. The van der Waals surface area contributed by atoms with E-state index < -0.39 is 0 Å². The molecule has 0 saturated carbocycles. The molecule has 0 saturated heterocycles. The molecule has 6 nitrogen and oxygen atoms in total. The van der Waals surface area contributed by atoms with E-state index in [1.54, 1.807) is 13.9 Å². The molecular formula is C23H23BFN3O3. The maximum atomic E-state index is 13.9. The second-order valence-electron chi connectivity index (χ2n) is 7.68. The van der Waals surface area contributed by atoms with Crippen molar-refractivity contribution in [1.82, 2.24) is 15.1 Å². The van der Waals surface area contributed by atoms with Crippen LogP contribution in [0.4, 0.5) is 4.39 Å². The fraction of sp³-hybridized carbons (Fsp3) is 0.261. The van der Waals surface area contributed by atoms with Crippen LogP contribution in [0.5, 0.6) is 5.75 Å². The van der Waals surface area contributed by atoms with Gasteiger partial charge in [0.15, 0.2) is 6.10 Å². The van der Waals surface area contributed by atoms with Crippen LogP contribution in [0.25, 0.3) is 22.6 Å². The van der Waals surface area contributed by atoms with E-state index in [-0.39, 0.29) is 17.8 Å². The van der Waals surface area contributed by atoms with Gasteiger partial charge in [-0.2, -0.15) is 4.98 Å². The topological polar surface area (TPSA) is 74.2 Å². The Morgan fingerprint density at radius 3 is 2.42 bits per heavy atom. The third kappa shape index (κ3) is 4.53. The summed E-state index contributed by atoms with van der Waals surface area (Å²) in [5.74, 6) is 2.18. The van der Waals surface area contributed by atoms with Crippen LogP contribution in [0.2, 0.25) is 0 Å². The molecule has 0 aliphatic carbocycles. The first-order valence-electron chi connectivity index (χ1n) is 10.3. The van der Waals surface area contributed by atoms with E-state index in [2.05, 4.69) is 15.1 Å². The van der Waals surface area contributed by atoms with Crippen LogP contribution in [0.1, 0.15) is 51.0 Å². The van der Waals surface area contributed by atoms with Gasteiger partial charge in [-0.3, -0.25) is 0 Å². The Kier molecular flexibility index (Phi) is 5.89. The van der Waals surface area contributed by atoms with Crippen LogP contribution in [-0.4, -0.2) is 23.0 Å². The predicted molar refractivity (Wildman–Crippen MR) is 118 cm³/mol. The lowest BCUT2D eigenvalue weighted by molar-refractivity contribution is 0.165.